The summed E-state index contributed by atoms with van der Waals surface area (Å²) in [6.45, 7) is 0. The van der Waals surface area contributed by atoms with Gasteiger partial charge in [-0.25, -0.2) is 0 Å². The third-order valence-corrected chi connectivity index (χ3v) is 6.23. The van der Waals surface area contributed by atoms with Crippen molar-refractivity contribution in [2.45, 2.75) is 23.4 Å². The van der Waals surface area contributed by atoms with Crippen LogP contribution in [0.1, 0.15) is 17.9 Å². The van der Waals surface area contributed by atoms with Crippen LogP contribution in [0.15, 0.2) is 57.2 Å². The van der Waals surface area contributed by atoms with Crippen LogP contribution in [0, 0.1) is 10.1 Å². The standard InChI is InChI=1S/C20H13Cl2F3N6O4S/c21-11-4-10(5-12(22)6-11)19(20(23,24)25)8-15(27-30-19)17-28-29-18(35-17)36-9-16(32)26-13-2-1-3-14(7-13)31(33)34/h1-7,30H,8-9H2,(H,26,32). The van der Waals surface area contributed by atoms with Crippen molar-refractivity contribution in [3.63, 3.8) is 0 Å². The molecular formula is C20H13Cl2F3N6O4S. The highest BCUT2D eigenvalue weighted by molar-refractivity contribution is 7.99. The van der Waals surface area contributed by atoms with Gasteiger partial charge in [-0.15, -0.1) is 10.2 Å². The first-order chi connectivity index (χ1) is 17.0. The average molecular weight is 561 g/mol. The fourth-order valence-electron chi connectivity index (χ4n) is 3.32. The van der Waals surface area contributed by atoms with Gasteiger partial charge in [-0.1, -0.05) is 41.0 Å². The lowest BCUT2D eigenvalue weighted by atomic mass is 9.85. The van der Waals surface area contributed by atoms with Gasteiger partial charge in [0.2, 0.25) is 5.91 Å². The summed E-state index contributed by atoms with van der Waals surface area (Å²) >= 11 is 12.6. The van der Waals surface area contributed by atoms with Crippen molar-refractivity contribution in [1.29, 1.82) is 0 Å². The number of alkyl halides is 3. The number of hydrogen-bond acceptors (Lipinski definition) is 9. The Labute approximate surface area is 214 Å². The predicted octanol–water partition coefficient (Wildman–Crippen LogP) is 5.17. The van der Waals surface area contributed by atoms with Crippen molar-refractivity contribution in [3.05, 3.63) is 74.1 Å². The maximum absolute atomic E-state index is 14.1. The van der Waals surface area contributed by atoms with Crippen LogP contribution >= 0.6 is 35.0 Å². The van der Waals surface area contributed by atoms with Crippen LogP contribution in [-0.2, 0) is 10.3 Å². The summed E-state index contributed by atoms with van der Waals surface area (Å²) in [7, 11) is 0. The number of thioether (sulfide) groups is 1. The summed E-state index contributed by atoms with van der Waals surface area (Å²) in [5.74, 6) is -0.986. The van der Waals surface area contributed by atoms with Gasteiger partial charge in [0.1, 0.15) is 5.71 Å². The number of nitrogens with zero attached hydrogens (tertiary/aromatic N) is 4. The van der Waals surface area contributed by atoms with Crippen molar-refractivity contribution in [1.82, 2.24) is 15.6 Å². The molecule has 188 valence electrons. The number of nitro benzene ring substituents is 1. The number of rotatable bonds is 7. The molecule has 1 aliphatic rings. The van der Waals surface area contributed by atoms with Gasteiger partial charge in [-0.3, -0.25) is 20.3 Å². The molecule has 1 unspecified atom stereocenters. The minimum absolute atomic E-state index is 0.0243. The van der Waals surface area contributed by atoms with Gasteiger partial charge < -0.3 is 9.73 Å². The Morgan fingerprint density at radius 3 is 2.61 bits per heavy atom. The van der Waals surface area contributed by atoms with Gasteiger partial charge in [0.05, 0.1) is 10.7 Å². The van der Waals surface area contributed by atoms with E-state index in [0.29, 0.717) is 0 Å². The zero-order valence-corrected chi connectivity index (χ0v) is 20.0. The van der Waals surface area contributed by atoms with Gasteiger partial charge >= 0.3 is 6.18 Å². The molecule has 0 saturated carbocycles. The van der Waals surface area contributed by atoms with Gasteiger partial charge in [0.15, 0.2) is 5.54 Å². The van der Waals surface area contributed by atoms with E-state index >= 15 is 0 Å². The summed E-state index contributed by atoms with van der Waals surface area (Å²) in [4.78, 5) is 22.4. The number of carbonyl (C=O) groups excluding carboxylic acids is 1. The Bertz CT molecular complexity index is 1350. The molecule has 1 aliphatic heterocycles. The van der Waals surface area contributed by atoms with E-state index < -0.39 is 29.0 Å². The highest BCUT2D eigenvalue weighted by Crippen LogP contribution is 2.46. The monoisotopic (exact) mass is 560 g/mol. The van der Waals surface area contributed by atoms with E-state index in [1.54, 1.807) is 0 Å². The molecule has 16 heteroatoms. The lowest BCUT2D eigenvalue weighted by Crippen LogP contribution is -2.49. The number of nitro groups is 1. The first-order valence-electron chi connectivity index (χ1n) is 9.85. The second-order valence-electron chi connectivity index (χ2n) is 7.43. The largest absolute Gasteiger partial charge is 0.417 e. The number of aromatic nitrogens is 2. The molecule has 10 nitrogen and oxygen atoms in total. The van der Waals surface area contributed by atoms with Gasteiger partial charge in [-0.05, 0) is 29.8 Å². The normalized spacial score (nSPS) is 17.4. The average Bonchev–Trinajstić information content (AvgIpc) is 3.45. The Balaban J connectivity index is 1.43. The van der Waals surface area contributed by atoms with E-state index in [0.717, 1.165) is 23.9 Å². The summed E-state index contributed by atoms with van der Waals surface area (Å²) in [6.07, 6.45) is -5.46. The summed E-state index contributed by atoms with van der Waals surface area (Å²) in [5, 5.41) is 24.5. The number of hydrazone groups is 1. The third-order valence-electron chi connectivity index (χ3n) is 4.97. The first-order valence-corrected chi connectivity index (χ1v) is 11.6. The Morgan fingerprint density at radius 1 is 1.22 bits per heavy atom. The molecule has 1 amide bonds. The molecule has 2 aromatic carbocycles. The van der Waals surface area contributed by atoms with Crippen molar-refractivity contribution in [2.75, 3.05) is 11.1 Å². The molecule has 2 N–H and O–H groups in total. The smallest absolute Gasteiger partial charge is 0.410 e. The molecule has 36 heavy (non-hydrogen) atoms. The topological polar surface area (TPSA) is 136 Å². The SMILES string of the molecule is O=C(CSc1nnc(C2=NNC(c3cc(Cl)cc(Cl)c3)(C(F)(F)F)C2)o1)Nc1cccc([N+](=O)[O-])c1. The second-order valence-corrected chi connectivity index (χ2v) is 9.23. The molecule has 4 rings (SSSR count). The van der Waals surface area contributed by atoms with Crippen molar-refractivity contribution < 1.29 is 27.3 Å². The molecule has 2 heterocycles. The van der Waals surface area contributed by atoms with Crippen LogP contribution < -0.4 is 10.7 Å². The van der Waals surface area contributed by atoms with Crippen LogP contribution in [-0.4, -0.2) is 38.7 Å². The summed E-state index contributed by atoms with van der Waals surface area (Å²) in [5.41, 5.74) is -0.846. The highest BCUT2D eigenvalue weighted by atomic mass is 35.5. The van der Waals surface area contributed by atoms with E-state index in [1.807, 2.05) is 0 Å². The highest BCUT2D eigenvalue weighted by Gasteiger charge is 2.60. The second kappa shape index (κ2) is 9.95. The summed E-state index contributed by atoms with van der Waals surface area (Å²) < 4.78 is 47.8. The van der Waals surface area contributed by atoms with Crippen molar-refractivity contribution in [3.8, 4) is 0 Å². The number of amides is 1. The number of benzene rings is 2. The number of halogens is 5. The fourth-order valence-corrected chi connectivity index (χ4v) is 4.41. The number of nitrogens with one attached hydrogen (secondary N) is 2. The maximum Gasteiger partial charge on any atom is 0.417 e. The molecule has 0 aliphatic carbocycles. The van der Waals surface area contributed by atoms with Crippen LogP contribution in [0.5, 0.6) is 0 Å². The Kier molecular flexibility index (Phi) is 7.11. The quantitative estimate of drug-likeness (QED) is 0.229. The minimum atomic E-state index is -4.78. The lowest BCUT2D eigenvalue weighted by Gasteiger charge is -2.31. The van der Waals surface area contributed by atoms with E-state index in [9.17, 15) is 28.1 Å². The molecule has 0 saturated heterocycles. The molecule has 1 aromatic heterocycles. The number of anilines is 1. The van der Waals surface area contributed by atoms with E-state index in [4.69, 9.17) is 27.6 Å². The number of non-ortho nitro benzene ring substituents is 1. The van der Waals surface area contributed by atoms with Crippen molar-refractivity contribution >= 4 is 58.0 Å². The van der Waals surface area contributed by atoms with Crippen molar-refractivity contribution in [2.24, 2.45) is 5.10 Å². The molecule has 0 radical (unpaired) electrons. The molecule has 3 aromatic rings. The lowest BCUT2D eigenvalue weighted by molar-refractivity contribution is -0.384. The molecule has 1 atom stereocenters. The van der Waals surface area contributed by atoms with Crippen LogP contribution in [0.25, 0.3) is 0 Å². The summed E-state index contributed by atoms with van der Waals surface area (Å²) in [6, 6.07) is 8.95. The van der Waals surface area contributed by atoms with E-state index in [2.05, 4.69) is 26.0 Å². The zero-order valence-electron chi connectivity index (χ0n) is 17.7. The van der Waals surface area contributed by atoms with Crippen LogP contribution in [0.3, 0.4) is 0 Å². The molecular weight excluding hydrogens is 548 g/mol. The molecule has 0 fully saturated rings. The third kappa shape index (κ3) is 5.39. The van der Waals surface area contributed by atoms with Crippen LogP contribution in [0.2, 0.25) is 10.0 Å². The minimum Gasteiger partial charge on any atom is -0.410 e. The number of carbonyl (C=O) groups is 1. The molecule has 0 bridgehead atoms. The fraction of sp³-hybridized carbons (Fsp3) is 0.200. The first kappa shape index (κ1) is 25.7. The zero-order chi connectivity index (χ0) is 26.1. The maximum atomic E-state index is 14.1. The van der Waals surface area contributed by atoms with Crippen LogP contribution in [0.4, 0.5) is 24.5 Å². The van der Waals surface area contributed by atoms with Gasteiger partial charge in [0, 0.05) is 34.3 Å². The van der Waals surface area contributed by atoms with Gasteiger partial charge in [-0.2, -0.15) is 18.3 Å². The Morgan fingerprint density at radius 2 is 1.94 bits per heavy atom. The predicted molar refractivity (Wildman–Crippen MR) is 125 cm³/mol. The Hall–Kier alpha value is -3.36. The van der Waals surface area contributed by atoms with E-state index in [-0.39, 0.29) is 49.6 Å². The van der Waals surface area contributed by atoms with E-state index in [1.165, 1.54) is 30.3 Å². The number of hydrogen-bond donors (Lipinski definition) is 2. The van der Waals surface area contributed by atoms with Gasteiger partial charge in [0.25, 0.3) is 16.8 Å². The molecule has 0 spiro atoms.